The smallest absolute Gasteiger partial charge is 0.193 e. The van der Waals surface area contributed by atoms with Crippen LogP contribution in [0.2, 0.25) is 0 Å². The third kappa shape index (κ3) is 4.11. The Bertz CT molecular complexity index is 900. The van der Waals surface area contributed by atoms with E-state index in [1.807, 2.05) is 42.5 Å². The van der Waals surface area contributed by atoms with Gasteiger partial charge in [0.15, 0.2) is 5.88 Å². The van der Waals surface area contributed by atoms with Crippen LogP contribution >= 0.6 is 0 Å². The van der Waals surface area contributed by atoms with Gasteiger partial charge in [-0.1, -0.05) is 48.5 Å². The first kappa shape index (κ1) is 18.4. The highest BCUT2D eigenvalue weighted by atomic mass is 19.1. The van der Waals surface area contributed by atoms with Crippen LogP contribution in [0, 0.1) is 11.7 Å². The summed E-state index contributed by atoms with van der Waals surface area (Å²) in [6.07, 6.45) is 8.08. The molecule has 2 heterocycles. The number of benzene rings is 2. The van der Waals surface area contributed by atoms with Crippen molar-refractivity contribution in [2.75, 3.05) is 13.7 Å². The Morgan fingerprint density at radius 2 is 1.79 bits per heavy atom. The van der Waals surface area contributed by atoms with Crippen LogP contribution in [0.1, 0.15) is 17.5 Å². The molecule has 28 heavy (non-hydrogen) atoms. The van der Waals surface area contributed by atoms with Crippen LogP contribution in [0.4, 0.5) is 4.39 Å². The quantitative estimate of drug-likeness (QED) is 0.693. The predicted octanol–water partition coefficient (Wildman–Crippen LogP) is 5.18. The standard InChI is InChI=1S/C24H24FNO2/c1-27-24-12-11-23(28-17-19-5-3-2-4-6-19)22-16-20(13-14-26(22)24)15-18-7-9-21(25)10-8-18/h2-12,16,20H,13-15,17H2,1H3. The van der Waals surface area contributed by atoms with Gasteiger partial charge in [0, 0.05) is 12.6 Å². The van der Waals surface area contributed by atoms with E-state index in [2.05, 4.69) is 23.1 Å². The second kappa shape index (κ2) is 8.34. The Hall–Kier alpha value is -3.01. The molecule has 0 aliphatic carbocycles. The number of hydrogen-bond acceptors (Lipinski definition) is 3. The molecule has 2 aromatic carbocycles. The summed E-state index contributed by atoms with van der Waals surface area (Å²) in [5.41, 5.74) is 3.33. The van der Waals surface area contributed by atoms with Crippen LogP contribution in [0.3, 0.4) is 0 Å². The lowest BCUT2D eigenvalue weighted by molar-refractivity contribution is 0.136. The molecule has 0 bridgehead atoms. The van der Waals surface area contributed by atoms with Crippen LogP contribution in [-0.2, 0) is 22.5 Å². The van der Waals surface area contributed by atoms with Crippen molar-refractivity contribution in [3.8, 4) is 0 Å². The van der Waals surface area contributed by atoms with Crippen LogP contribution in [-0.4, -0.2) is 18.6 Å². The molecule has 1 atom stereocenters. The number of hydrogen-bond donors (Lipinski definition) is 0. The maximum absolute atomic E-state index is 13.2. The highest BCUT2D eigenvalue weighted by Gasteiger charge is 2.28. The fraction of sp³-hybridized carbons (Fsp3) is 0.250. The second-order valence-corrected chi connectivity index (χ2v) is 7.10. The van der Waals surface area contributed by atoms with Crippen LogP contribution in [0.5, 0.6) is 0 Å². The van der Waals surface area contributed by atoms with E-state index < -0.39 is 0 Å². The van der Waals surface area contributed by atoms with E-state index in [9.17, 15) is 4.39 Å². The molecule has 0 saturated carbocycles. The van der Waals surface area contributed by atoms with Gasteiger partial charge in [0.05, 0.1) is 12.8 Å². The summed E-state index contributed by atoms with van der Waals surface area (Å²) in [4.78, 5) is 2.17. The highest BCUT2D eigenvalue weighted by molar-refractivity contribution is 5.38. The molecule has 0 N–H and O–H groups in total. The molecule has 3 nitrogen and oxygen atoms in total. The van der Waals surface area contributed by atoms with Gasteiger partial charge in [0.25, 0.3) is 0 Å². The van der Waals surface area contributed by atoms with Crippen molar-refractivity contribution in [2.24, 2.45) is 5.92 Å². The van der Waals surface area contributed by atoms with Crippen molar-refractivity contribution in [2.45, 2.75) is 19.4 Å². The number of nitrogens with zero attached hydrogens (tertiary/aromatic N) is 1. The van der Waals surface area contributed by atoms with Gasteiger partial charge in [-0.15, -0.1) is 0 Å². The monoisotopic (exact) mass is 377 g/mol. The second-order valence-electron chi connectivity index (χ2n) is 7.10. The molecule has 4 heteroatoms. The molecule has 0 fully saturated rings. The first-order valence-electron chi connectivity index (χ1n) is 9.60. The lowest BCUT2D eigenvalue weighted by atomic mass is 9.91. The zero-order valence-electron chi connectivity index (χ0n) is 16.0. The molecular weight excluding hydrogens is 353 g/mol. The van der Waals surface area contributed by atoms with Gasteiger partial charge < -0.3 is 14.4 Å². The fourth-order valence-electron chi connectivity index (χ4n) is 3.70. The summed E-state index contributed by atoms with van der Waals surface area (Å²) in [5, 5.41) is 0. The number of allylic oxidation sites excluding steroid dienone is 3. The molecule has 4 rings (SSSR count). The maximum Gasteiger partial charge on any atom is 0.193 e. The molecule has 0 radical (unpaired) electrons. The van der Waals surface area contributed by atoms with Gasteiger partial charge in [0.2, 0.25) is 0 Å². The van der Waals surface area contributed by atoms with Crippen molar-refractivity contribution in [1.29, 1.82) is 0 Å². The Balaban J connectivity index is 1.53. The van der Waals surface area contributed by atoms with Crippen LogP contribution < -0.4 is 0 Å². The van der Waals surface area contributed by atoms with Crippen LogP contribution in [0.25, 0.3) is 0 Å². The lowest BCUT2D eigenvalue weighted by Gasteiger charge is -2.37. The van der Waals surface area contributed by atoms with Gasteiger partial charge in [-0.25, -0.2) is 4.39 Å². The minimum Gasteiger partial charge on any atom is -0.487 e. The number of rotatable bonds is 6. The van der Waals surface area contributed by atoms with Crippen molar-refractivity contribution in [3.63, 3.8) is 0 Å². The third-order valence-electron chi connectivity index (χ3n) is 5.16. The molecule has 1 unspecified atom stereocenters. The molecule has 2 aliphatic rings. The zero-order valence-corrected chi connectivity index (χ0v) is 16.0. The van der Waals surface area contributed by atoms with Crippen molar-refractivity contribution >= 4 is 0 Å². The van der Waals surface area contributed by atoms with E-state index >= 15 is 0 Å². The van der Waals surface area contributed by atoms with Crippen molar-refractivity contribution in [3.05, 3.63) is 107 Å². The van der Waals surface area contributed by atoms with Gasteiger partial charge in [-0.2, -0.15) is 0 Å². The molecule has 2 aliphatic heterocycles. The molecule has 0 aromatic heterocycles. The van der Waals surface area contributed by atoms with Gasteiger partial charge >= 0.3 is 0 Å². The highest BCUT2D eigenvalue weighted by Crippen LogP contribution is 2.34. The molecular formula is C24H24FNO2. The minimum absolute atomic E-state index is 0.196. The summed E-state index contributed by atoms with van der Waals surface area (Å²) in [5.74, 6) is 1.86. The van der Waals surface area contributed by atoms with Gasteiger partial charge in [0.1, 0.15) is 18.2 Å². The molecule has 0 saturated heterocycles. The molecule has 144 valence electrons. The van der Waals surface area contributed by atoms with Gasteiger partial charge in [-0.05, 0) is 48.1 Å². The van der Waals surface area contributed by atoms with E-state index in [0.29, 0.717) is 12.5 Å². The minimum atomic E-state index is -0.196. The average Bonchev–Trinajstić information content (AvgIpc) is 2.74. The summed E-state index contributed by atoms with van der Waals surface area (Å²) in [6, 6.07) is 16.9. The summed E-state index contributed by atoms with van der Waals surface area (Å²) < 4.78 is 24.9. The van der Waals surface area contributed by atoms with Crippen molar-refractivity contribution < 1.29 is 13.9 Å². The fourth-order valence-corrected chi connectivity index (χ4v) is 3.70. The number of methoxy groups -OCH3 is 1. The summed E-state index contributed by atoms with van der Waals surface area (Å²) >= 11 is 0. The summed E-state index contributed by atoms with van der Waals surface area (Å²) in [6.45, 7) is 1.39. The van der Waals surface area contributed by atoms with E-state index in [1.165, 1.54) is 12.1 Å². The molecule has 0 spiro atoms. The molecule has 2 aromatic rings. The number of fused-ring (bicyclic) bond motifs is 1. The first-order valence-corrected chi connectivity index (χ1v) is 9.60. The van der Waals surface area contributed by atoms with E-state index in [0.717, 1.165) is 47.9 Å². The summed E-state index contributed by atoms with van der Waals surface area (Å²) in [7, 11) is 1.69. The SMILES string of the molecule is COC1=CC=C(OCc2ccccc2)C2=CC(Cc3ccc(F)cc3)CCN12. The Kier molecular flexibility index (Phi) is 5.47. The van der Waals surface area contributed by atoms with E-state index in [1.54, 1.807) is 7.11 Å². The van der Waals surface area contributed by atoms with E-state index in [4.69, 9.17) is 9.47 Å². The Labute approximate surface area is 165 Å². The van der Waals surface area contributed by atoms with Crippen molar-refractivity contribution in [1.82, 2.24) is 4.90 Å². The Morgan fingerprint density at radius 1 is 1.00 bits per heavy atom. The Morgan fingerprint density at radius 3 is 2.54 bits per heavy atom. The lowest BCUT2D eigenvalue weighted by Crippen LogP contribution is -2.33. The average molecular weight is 377 g/mol. The van der Waals surface area contributed by atoms with Crippen LogP contribution in [0.15, 0.2) is 90.2 Å². The third-order valence-corrected chi connectivity index (χ3v) is 5.16. The molecule has 0 amide bonds. The zero-order chi connectivity index (χ0) is 19.3. The normalized spacial score (nSPS) is 18.6. The van der Waals surface area contributed by atoms with Gasteiger partial charge in [-0.3, -0.25) is 0 Å². The number of halogens is 1. The predicted molar refractivity (Wildman–Crippen MR) is 107 cm³/mol. The van der Waals surface area contributed by atoms with E-state index in [-0.39, 0.29) is 5.82 Å². The number of ether oxygens (including phenoxy) is 2. The first-order chi connectivity index (χ1) is 13.7. The maximum atomic E-state index is 13.2. The largest absolute Gasteiger partial charge is 0.487 e. The topological polar surface area (TPSA) is 21.7 Å².